The molecule has 0 aromatic heterocycles. The van der Waals surface area contributed by atoms with E-state index in [0.717, 1.165) is 31.4 Å². The van der Waals surface area contributed by atoms with Crippen LogP contribution in [-0.4, -0.2) is 6.04 Å². The van der Waals surface area contributed by atoms with Crippen molar-refractivity contribution in [2.24, 2.45) is 0 Å². The van der Waals surface area contributed by atoms with Crippen molar-refractivity contribution in [3.8, 4) is 0 Å². The molecule has 176 valence electrons. The van der Waals surface area contributed by atoms with E-state index in [1.54, 1.807) is 0 Å². The zero-order valence-corrected chi connectivity index (χ0v) is 20.4. The molecule has 0 saturated heterocycles. The van der Waals surface area contributed by atoms with Crippen molar-refractivity contribution in [1.82, 2.24) is 0 Å². The second-order valence-corrected chi connectivity index (χ2v) is 9.32. The van der Waals surface area contributed by atoms with E-state index in [-0.39, 0.29) is 6.04 Å². The highest BCUT2D eigenvalue weighted by atomic mass is 15.2. The lowest BCUT2D eigenvalue weighted by atomic mass is 9.87. The Bertz CT molecular complexity index is 1360. The molecule has 0 bridgehead atoms. The molecule has 36 heavy (non-hydrogen) atoms. The van der Waals surface area contributed by atoms with Gasteiger partial charge in [0.15, 0.2) is 5.69 Å². The van der Waals surface area contributed by atoms with Gasteiger partial charge in [0, 0.05) is 11.9 Å². The SMILES string of the molecule is [C-]#[N+]c1ccc(N2C=C(Cc3ccccc3)C=C(Cc3ccccc3)C2CCc2ccccc2)cc1. The van der Waals surface area contributed by atoms with Gasteiger partial charge in [-0.3, -0.25) is 0 Å². The van der Waals surface area contributed by atoms with Gasteiger partial charge in [-0.1, -0.05) is 109 Å². The van der Waals surface area contributed by atoms with Crippen LogP contribution < -0.4 is 4.90 Å². The number of benzene rings is 4. The number of nitrogens with zero attached hydrogens (tertiary/aromatic N) is 2. The normalized spacial score (nSPS) is 15.1. The fourth-order valence-corrected chi connectivity index (χ4v) is 4.97. The summed E-state index contributed by atoms with van der Waals surface area (Å²) in [7, 11) is 0. The van der Waals surface area contributed by atoms with Crippen LogP contribution in [0.3, 0.4) is 0 Å². The molecule has 2 nitrogen and oxygen atoms in total. The van der Waals surface area contributed by atoms with Crippen molar-refractivity contribution >= 4 is 11.4 Å². The zero-order chi connectivity index (χ0) is 24.6. The van der Waals surface area contributed by atoms with E-state index in [9.17, 15) is 0 Å². The van der Waals surface area contributed by atoms with Gasteiger partial charge in [-0.15, -0.1) is 0 Å². The van der Waals surface area contributed by atoms with Crippen molar-refractivity contribution in [2.45, 2.75) is 31.7 Å². The molecule has 0 saturated carbocycles. The largest absolute Gasteiger partial charge is 0.341 e. The topological polar surface area (TPSA) is 7.60 Å². The number of aryl methyl sites for hydroxylation is 1. The van der Waals surface area contributed by atoms with Crippen LogP contribution >= 0.6 is 0 Å². The van der Waals surface area contributed by atoms with Gasteiger partial charge < -0.3 is 4.90 Å². The predicted molar refractivity (Wildman–Crippen MR) is 150 cm³/mol. The van der Waals surface area contributed by atoms with Crippen molar-refractivity contribution in [2.75, 3.05) is 4.90 Å². The van der Waals surface area contributed by atoms with Crippen LogP contribution in [0.4, 0.5) is 11.4 Å². The van der Waals surface area contributed by atoms with E-state index in [0.29, 0.717) is 5.69 Å². The molecule has 1 aliphatic heterocycles. The summed E-state index contributed by atoms with van der Waals surface area (Å²) in [6.45, 7) is 7.36. The highest BCUT2D eigenvalue weighted by molar-refractivity contribution is 5.61. The van der Waals surface area contributed by atoms with E-state index in [1.165, 1.54) is 27.8 Å². The van der Waals surface area contributed by atoms with Gasteiger partial charge in [0.25, 0.3) is 0 Å². The molecule has 0 radical (unpaired) electrons. The minimum Gasteiger partial charge on any atom is -0.341 e. The Hall–Kier alpha value is -4.35. The molecule has 1 atom stereocenters. The van der Waals surface area contributed by atoms with Gasteiger partial charge in [0.2, 0.25) is 0 Å². The van der Waals surface area contributed by atoms with Gasteiger partial charge in [0.05, 0.1) is 12.6 Å². The maximum Gasteiger partial charge on any atom is 0.187 e. The van der Waals surface area contributed by atoms with E-state index >= 15 is 0 Å². The molecule has 1 unspecified atom stereocenters. The Morgan fingerprint density at radius 3 is 1.78 bits per heavy atom. The Morgan fingerprint density at radius 2 is 1.19 bits per heavy atom. The lowest BCUT2D eigenvalue weighted by Gasteiger charge is -2.37. The number of hydrogen-bond donors (Lipinski definition) is 0. The molecule has 0 N–H and O–H groups in total. The first-order chi connectivity index (χ1) is 17.8. The van der Waals surface area contributed by atoms with Crippen LogP contribution in [0.15, 0.2) is 139 Å². The molecular formula is C34H30N2. The molecule has 0 amide bonds. The number of anilines is 1. The van der Waals surface area contributed by atoms with Gasteiger partial charge in [0.1, 0.15) is 0 Å². The first kappa shape index (κ1) is 23.4. The smallest absolute Gasteiger partial charge is 0.187 e. The minimum absolute atomic E-state index is 0.240. The third-order valence-electron chi connectivity index (χ3n) is 6.77. The second kappa shape index (κ2) is 11.4. The summed E-state index contributed by atoms with van der Waals surface area (Å²) in [6, 6.07) is 40.5. The van der Waals surface area contributed by atoms with Crippen LogP contribution in [-0.2, 0) is 19.3 Å². The van der Waals surface area contributed by atoms with Gasteiger partial charge in [-0.2, -0.15) is 0 Å². The molecular weight excluding hydrogens is 436 g/mol. The molecule has 1 aliphatic rings. The highest BCUT2D eigenvalue weighted by Crippen LogP contribution is 2.33. The van der Waals surface area contributed by atoms with Crippen LogP contribution in [0.2, 0.25) is 0 Å². The standard InChI is InChI=1S/C34H30N2/c1-35-32-18-20-33(21-19-32)36-26-30(23-28-13-7-3-8-14-28)25-31(24-29-15-9-4-10-16-29)34(36)22-17-27-11-5-2-6-12-27/h2-16,18-21,25-26,34H,17,22-24H2. The maximum atomic E-state index is 7.36. The summed E-state index contributed by atoms with van der Waals surface area (Å²) in [5.41, 5.74) is 8.54. The number of allylic oxidation sites excluding steroid dienone is 2. The Labute approximate surface area is 214 Å². The number of rotatable bonds is 8. The van der Waals surface area contributed by atoms with Crippen LogP contribution in [0, 0.1) is 6.57 Å². The second-order valence-electron chi connectivity index (χ2n) is 9.32. The quantitative estimate of drug-likeness (QED) is 0.237. The van der Waals surface area contributed by atoms with E-state index in [2.05, 4.69) is 125 Å². The fraction of sp³-hybridized carbons (Fsp3) is 0.147. The Kier molecular flexibility index (Phi) is 7.40. The van der Waals surface area contributed by atoms with Crippen molar-refractivity contribution in [1.29, 1.82) is 0 Å². The summed E-state index contributed by atoms with van der Waals surface area (Å²) in [6.07, 6.45) is 8.59. The lowest BCUT2D eigenvalue weighted by molar-refractivity contribution is 0.640. The molecule has 0 spiro atoms. The van der Waals surface area contributed by atoms with Crippen molar-refractivity contribution in [3.05, 3.63) is 167 Å². The summed E-state index contributed by atoms with van der Waals surface area (Å²) in [4.78, 5) is 6.04. The Balaban J connectivity index is 1.53. The predicted octanol–water partition coefficient (Wildman–Crippen LogP) is 8.35. The summed E-state index contributed by atoms with van der Waals surface area (Å²) in [5.74, 6) is 0. The highest BCUT2D eigenvalue weighted by Gasteiger charge is 2.26. The lowest BCUT2D eigenvalue weighted by Crippen LogP contribution is -2.36. The third kappa shape index (κ3) is 5.82. The molecule has 4 aromatic rings. The van der Waals surface area contributed by atoms with Gasteiger partial charge in [-0.05, 0) is 65.7 Å². The third-order valence-corrected chi connectivity index (χ3v) is 6.77. The summed E-state index contributed by atoms with van der Waals surface area (Å²) < 4.78 is 0. The molecule has 0 aliphatic carbocycles. The minimum atomic E-state index is 0.240. The number of hydrogen-bond acceptors (Lipinski definition) is 1. The van der Waals surface area contributed by atoms with Crippen molar-refractivity contribution in [3.63, 3.8) is 0 Å². The zero-order valence-electron chi connectivity index (χ0n) is 20.4. The molecule has 0 fully saturated rings. The van der Waals surface area contributed by atoms with Crippen molar-refractivity contribution < 1.29 is 0 Å². The molecule has 1 heterocycles. The Morgan fingerprint density at radius 1 is 0.639 bits per heavy atom. The molecule has 5 rings (SSSR count). The fourth-order valence-electron chi connectivity index (χ4n) is 4.97. The first-order valence-corrected chi connectivity index (χ1v) is 12.6. The molecule has 2 heteroatoms. The van der Waals surface area contributed by atoms with Gasteiger partial charge >= 0.3 is 0 Å². The average molecular weight is 467 g/mol. The van der Waals surface area contributed by atoms with Crippen LogP contribution in [0.1, 0.15) is 23.1 Å². The van der Waals surface area contributed by atoms with Crippen LogP contribution in [0.5, 0.6) is 0 Å². The summed E-state index contributed by atoms with van der Waals surface area (Å²) in [5, 5.41) is 0. The summed E-state index contributed by atoms with van der Waals surface area (Å²) >= 11 is 0. The maximum absolute atomic E-state index is 7.36. The molecule has 4 aromatic carbocycles. The average Bonchev–Trinajstić information content (AvgIpc) is 2.94. The monoisotopic (exact) mass is 466 g/mol. The first-order valence-electron chi connectivity index (χ1n) is 12.6. The van der Waals surface area contributed by atoms with E-state index in [1.807, 2.05) is 12.1 Å². The van der Waals surface area contributed by atoms with Crippen LogP contribution in [0.25, 0.3) is 4.85 Å². The van der Waals surface area contributed by atoms with Gasteiger partial charge in [-0.25, -0.2) is 4.85 Å². The van der Waals surface area contributed by atoms with E-state index < -0.39 is 0 Å². The van der Waals surface area contributed by atoms with E-state index in [4.69, 9.17) is 6.57 Å².